The zero-order chi connectivity index (χ0) is 14.7. The maximum absolute atomic E-state index is 12.8. The summed E-state index contributed by atoms with van der Waals surface area (Å²) >= 11 is 0. The normalized spacial score (nSPS) is 12.5. The van der Waals surface area contributed by atoms with E-state index >= 15 is 0 Å². The van der Waals surface area contributed by atoms with E-state index in [-0.39, 0.29) is 12.4 Å². The van der Waals surface area contributed by atoms with Crippen molar-refractivity contribution in [2.75, 3.05) is 6.61 Å². The van der Waals surface area contributed by atoms with Crippen LogP contribution in [0.5, 0.6) is 5.75 Å². The second-order valence-electron chi connectivity index (χ2n) is 4.80. The maximum Gasteiger partial charge on any atom is 0.123 e. The number of hydrogen-bond acceptors (Lipinski definition) is 3. The third-order valence-electron chi connectivity index (χ3n) is 3.19. The molecule has 1 heterocycles. The van der Waals surface area contributed by atoms with Crippen molar-refractivity contribution in [1.82, 2.24) is 9.55 Å². The van der Waals surface area contributed by atoms with Gasteiger partial charge in [-0.3, -0.25) is 0 Å². The molecule has 5 heteroatoms. The molecule has 0 saturated heterocycles. The van der Waals surface area contributed by atoms with E-state index in [9.17, 15) is 9.50 Å². The molecule has 2 aromatic carbocycles. The SMILES string of the molecule is O[C@H](COc1ccc(F)cc1)Cn1cnc2ccccc21. The molecule has 1 atom stereocenters. The molecule has 0 aliphatic heterocycles. The molecule has 0 spiro atoms. The topological polar surface area (TPSA) is 47.3 Å². The van der Waals surface area contributed by atoms with Crippen LogP contribution in [-0.2, 0) is 6.54 Å². The van der Waals surface area contributed by atoms with Crippen molar-refractivity contribution in [1.29, 1.82) is 0 Å². The lowest BCUT2D eigenvalue weighted by molar-refractivity contribution is 0.0934. The molecule has 21 heavy (non-hydrogen) atoms. The second-order valence-corrected chi connectivity index (χ2v) is 4.80. The van der Waals surface area contributed by atoms with Crippen LogP contribution in [0.25, 0.3) is 11.0 Å². The van der Waals surface area contributed by atoms with Crippen molar-refractivity contribution in [3.05, 3.63) is 60.7 Å². The molecule has 0 radical (unpaired) electrons. The average Bonchev–Trinajstić information content (AvgIpc) is 2.90. The van der Waals surface area contributed by atoms with Gasteiger partial charge in [0, 0.05) is 0 Å². The molecule has 0 amide bonds. The quantitative estimate of drug-likeness (QED) is 0.784. The van der Waals surface area contributed by atoms with E-state index in [0.29, 0.717) is 12.3 Å². The van der Waals surface area contributed by atoms with E-state index in [4.69, 9.17) is 4.74 Å². The van der Waals surface area contributed by atoms with E-state index in [0.717, 1.165) is 11.0 Å². The minimum Gasteiger partial charge on any atom is -0.491 e. The molecule has 3 rings (SSSR count). The highest BCUT2D eigenvalue weighted by Gasteiger charge is 2.09. The standard InChI is InChI=1S/C16H15FN2O2/c17-12-5-7-14(8-6-12)21-10-13(20)9-19-11-18-15-3-1-2-4-16(15)19/h1-8,11,13,20H,9-10H2/t13-/m0/s1. The first kappa shape index (κ1) is 13.6. The largest absolute Gasteiger partial charge is 0.491 e. The number of hydrogen-bond donors (Lipinski definition) is 1. The van der Waals surface area contributed by atoms with Crippen molar-refractivity contribution >= 4 is 11.0 Å². The molecule has 1 N–H and O–H groups in total. The summed E-state index contributed by atoms with van der Waals surface area (Å²) in [7, 11) is 0. The Morgan fingerprint density at radius 3 is 2.71 bits per heavy atom. The Balaban J connectivity index is 1.61. The summed E-state index contributed by atoms with van der Waals surface area (Å²) in [6, 6.07) is 13.5. The van der Waals surface area contributed by atoms with E-state index in [2.05, 4.69) is 4.98 Å². The van der Waals surface area contributed by atoms with Gasteiger partial charge in [0.05, 0.1) is 23.9 Å². The lowest BCUT2D eigenvalue weighted by Gasteiger charge is -2.13. The first-order valence-electron chi connectivity index (χ1n) is 6.69. The second kappa shape index (κ2) is 5.93. The molecule has 108 valence electrons. The van der Waals surface area contributed by atoms with Crippen molar-refractivity contribution in [2.45, 2.75) is 12.6 Å². The number of ether oxygens (including phenoxy) is 1. The molecule has 4 nitrogen and oxygen atoms in total. The smallest absolute Gasteiger partial charge is 0.123 e. The molecular weight excluding hydrogens is 271 g/mol. The highest BCUT2D eigenvalue weighted by atomic mass is 19.1. The Kier molecular flexibility index (Phi) is 3.83. The highest BCUT2D eigenvalue weighted by Crippen LogP contribution is 2.14. The number of halogens is 1. The molecule has 1 aromatic heterocycles. The van der Waals surface area contributed by atoms with E-state index in [1.807, 2.05) is 28.8 Å². The zero-order valence-corrected chi connectivity index (χ0v) is 11.3. The number of nitrogens with zero attached hydrogens (tertiary/aromatic N) is 2. The first-order chi connectivity index (χ1) is 10.2. The lowest BCUT2D eigenvalue weighted by Crippen LogP contribution is -2.23. The third-order valence-corrected chi connectivity index (χ3v) is 3.19. The van der Waals surface area contributed by atoms with E-state index < -0.39 is 6.10 Å². The lowest BCUT2D eigenvalue weighted by atomic mass is 10.3. The van der Waals surface area contributed by atoms with Gasteiger partial charge in [0.15, 0.2) is 0 Å². The fourth-order valence-electron chi connectivity index (χ4n) is 2.16. The van der Waals surface area contributed by atoms with Crippen molar-refractivity contribution < 1.29 is 14.2 Å². The minimum absolute atomic E-state index is 0.137. The zero-order valence-electron chi connectivity index (χ0n) is 11.3. The van der Waals surface area contributed by atoms with Gasteiger partial charge < -0.3 is 14.4 Å². The molecule has 3 aromatic rings. The summed E-state index contributed by atoms with van der Waals surface area (Å²) in [5.74, 6) is 0.221. The molecule has 0 fully saturated rings. The Hall–Kier alpha value is -2.40. The van der Waals surface area contributed by atoms with Crippen LogP contribution in [0.4, 0.5) is 4.39 Å². The number of imidazole rings is 1. The fraction of sp³-hybridized carbons (Fsp3) is 0.188. The van der Waals surface area contributed by atoms with Crippen LogP contribution in [-0.4, -0.2) is 27.4 Å². The van der Waals surface area contributed by atoms with Crippen LogP contribution in [0, 0.1) is 5.82 Å². The summed E-state index contributed by atoms with van der Waals surface area (Å²) in [4.78, 5) is 4.27. The Bertz CT molecular complexity index is 724. The number of aliphatic hydroxyl groups excluding tert-OH is 1. The van der Waals surface area contributed by atoms with Crippen molar-refractivity contribution in [2.24, 2.45) is 0 Å². The Morgan fingerprint density at radius 2 is 1.90 bits per heavy atom. The van der Waals surface area contributed by atoms with Gasteiger partial charge in [0.1, 0.15) is 24.3 Å². The minimum atomic E-state index is -0.673. The monoisotopic (exact) mass is 286 g/mol. The predicted molar refractivity (Wildman–Crippen MR) is 77.6 cm³/mol. The molecule has 0 aliphatic carbocycles. The highest BCUT2D eigenvalue weighted by molar-refractivity contribution is 5.74. The summed E-state index contributed by atoms with van der Waals surface area (Å²) in [5, 5.41) is 10.0. The summed E-state index contributed by atoms with van der Waals surface area (Å²) in [6.07, 6.45) is 1.03. The maximum atomic E-state index is 12.8. The van der Waals surface area contributed by atoms with Crippen LogP contribution in [0.15, 0.2) is 54.9 Å². The summed E-state index contributed by atoms with van der Waals surface area (Å²) < 4.78 is 20.1. The molecular formula is C16H15FN2O2. The summed E-state index contributed by atoms with van der Waals surface area (Å²) in [5.41, 5.74) is 1.86. The number of aliphatic hydroxyl groups is 1. The van der Waals surface area contributed by atoms with Gasteiger partial charge >= 0.3 is 0 Å². The van der Waals surface area contributed by atoms with Gasteiger partial charge in [-0.15, -0.1) is 0 Å². The van der Waals surface area contributed by atoms with Crippen LogP contribution in [0.2, 0.25) is 0 Å². The Morgan fingerprint density at radius 1 is 1.14 bits per heavy atom. The van der Waals surface area contributed by atoms with Gasteiger partial charge in [-0.1, -0.05) is 12.1 Å². The number of rotatable bonds is 5. The fourth-order valence-corrected chi connectivity index (χ4v) is 2.16. The number of aromatic nitrogens is 2. The predicted octanol–water partition coefficient (Wildman–Crippen LogP) is 2.62. The van der Waals surface area contributed by atoms with Crippen molar-refractivity contribution in [3.63, 3.8) is 0 Å². The van der Waals surface area contributed by atoms with Gasteiger partial charge in [0.25, 0.3) is 0 Å². The van der Waals surface area contributed by atoms with Crippen LogP contribution < -0.4 is 4.74 Å². The number of para-hydroxylation sites is 2. The van der Waals surface area contributed by atoms with Crippen LogP contribution >= 0.6 is 0 Å². The van der Waals surface area contributed by atoms with Crippen LogP contribution in [0.1, 0.15) is 0 Å². The van der Waals surface area contributed by atoms with Crippen LogP contribution in [0.3, 0.4) is 0 Å². The Labute approximate surface area is 121 Å². The van der Waals surface area contributed by atoms with Gasteiger partial charge in [-0.2, -0.15) is 0 Å². The average molecular weight is 286 g/mol. The number of fused-ring (bicyclic) bond motifs is 1. The van der Waals surface area contributed by atoms with Gasteiger partial charge in [-0.25, -0.2) is 9.37 Å². The molecule has 0 unspecified atom stereocenters. The van der Waals surface area contributed by atoms with Gasteiger partial charge in [0.2, 0.25) is 0 Å². The van der Waals surface area contributed by atoms with E-state index in [1.54, 1.807) is 6.33 Å². The molecule has 0 bridgehead atoms. The molecule has 0 saturated carbocycles. The third kappa shape index (κ3) is 3.20. The van der Waals surface area contributed by atoms with Crippen molar-refractivity contribution in [3.8, 4) is 5.75 Å². The molecule has 0 aliphatic rings. The van der Waals surface area contributed by atoms with E-state index in [1.165, 1.54) is 24.3 Å². The van der Waals surface area contributed by atoms with Gasteiger partial charge in [-0.05, 0) is 36.4 Å². The first-order valence-corrected chi connectivity index (χ1v) is 6.69. The number of benzene rings is 2. The summed E-state index contributed by atoms with van der Waals surface area (Å²) in [6.45, 7) is 0.528.